The predicted molar refractivity (Wildman–Crippen MR) is 47.2 cm³/mol. The fourth-order valence-corrected chi connectivity index (χ4v) is 0.898. The van der Waals surface area contributed by atoms with Crippen molar-refractivity contribution in [1.29, 1.82) is 0 Å². The van der Waals surface area contributed by atoms with E-state index in [1.54, 1.807) is 6.20 Å². The van der Waals surface area contributed by atoms with Crippen molar-refractivity contribution in [2.75, 3.05) is 19.0 Å². The second-order valence-electron chi connectivity index (χ2n) is 1.83. The Kier molecular flexibility index (Phi) is 5.45. The van der Waals surface area contributed by atoms with E-state index in [4.69, 9.17) is 11.6 Å². The van der Waals surface area contributed by atoms with Gasteiger partial charge in [-0.2, -0.15) is 0 Å². The molecule has 0 aromatic rings. The minimum Gasteiger partial charge on any atom is -0.358 e. The Balaban J connectivity index is 0.000000810. The lowest BCUT2D eigenvalue weighted by molar-refractivity contribution is 0.500. The van der Waals surface area contributed by atoms with Gasteiger partial charge in [-0.3, -0.25) is 0 Å². The monoisotopic (exact) mass is 180 g/mol. The Labute approximate surface area is 72.0 Å². The summed E-state index contributed by atoms with van der Waals surface area (Å²) in [5.74, 6) is 0.667. The molecule has 0 aliphatic carbocycles. The normalized spacial score (nSPS) is 15.1. The van der Waals surface area contributed by atoms with Gasteiger partial charge in [-0.25, -0.2) is 4.99 Å². The summed E-state index contributed by atoms with van der Waals surface area (Å²) in [6, 6.07) is 0. The molecule has 0 spiro atoms. The third-order valence-electron chi connectivity index (χ3n) is 1.13. The van der Waals surface area contributed by atoms with Crippen LogP contribution in [0.15, 0.2) is 17.3 Å². The molecule has 58 valence electrons. The molecule has 2 nitrogen and oxygen atoms in total. The van der Waals surface area contributed by atoms with E-state index in [0.717, 1.165) is 13.1 Å². The molecule has 4 heteroatoms. The van der Waals surface area contributed by atoms with Crippen molar-refractivity contribution in [1.82, 2.24) is 4.90 Å². The van der Waals surface area contributed by atoms with Gasteiger partial charge < -0.3 is 4.90 Å². The Hall–Kier alpha value is -0.210. The summed E-state index contributed by atoms with van der Waals surface area (Å²) in [6.07, 6.45) is 5.61. The average Bonchev–Trinajstić information content (AvgIpc) is 1.91. The summed E-state index contributed by atoms with van der Waals surface area (Å²) in [7, 11) is 0. The Morgan fingerprint density at radius 3 is 2.90 bits per heavy atom. The lowest BCUT2D eigenvalue weighted by atomic mass is 10.5. The SMILES string of the molecule is Cl.ClCCN1C=NC=CC1. The molecule has 0 saturated heterocycles. The van der Waals surface area contributed by atoms with Crippen LogP contribution in [0.25, 0.3) is 0 Å². The molecule has 0 bridgehead atoms. The summed E-state index contributed by atoms with van der Waals surface area (Å²) in [6.45, 7) is 1.83. The molecule has 1 heterocycles. The number of hydrogen-bond donors (Lipinski definition) is 0. The zero-order valence-corrected chi connectivity index (χ0v) is 7.11. The number of nitrogens with zero attached hydrogens (tertiary/aromatic N) is 2. The van der Waals surface area contributed by atoms with Crippen LogP contribution < -0.4 is 0 Å². The molecule has 0 N–H and O–H groups in total. The maximum atomic E-state index is 5.51. The highest BCUT2D eigenvalue weighted by atomic mass is 35.5. The maximum Gasteiger partial charge on any atom is 0.0908 e. The number of rotatable bonds is 2. The Morgan fingerprint density at radius 1 is 1.60 bits per heavy atom. The van der Waals surface area contributed by atoms with Gasteiger partial charge in [0.1, 0.15) is 0 Å². The maximum absolute atomic E-state index is 5.51. The molecule has 1 aliphatic rings. The first-order valence-electron chi connectivity index (χ1n) is 2.92. The van der Waals surface area contributed by atoms with Crippen molar-refractivity contribution < 1.29 is 0 Å². The highest BCUT2D eigenvalue weighted by molar-refractivity contribution is 6.18. The lowest BCUT2D eigenvalue weighted by Crippen LogP contribution is -2.25. The average molecular weight is 181 g/mol. The third-order valence-corrected chi connectivity index (χ3v) is 1.30. The van der Waals surface area contributed by atoms with Crippen molar-refractivity contribution in [2.45, 2.75) is 0 Å². The topological polar surface area (TPSA) is 15.6 Å². The largest absolute Gasteiger partial charge is 0.358 e. The van der Waals surface area contributed by atoms with E-state index >= 15 is 0 Å². The summed E-state index contributed by atoms with van der Waals surface area (Å²) < 4.78 is 0. The Bertz CT molecular complexity index is 134. The van der Waals surface area contributed by atoms with Gasteiger partial charge in [0.05, 0.1) is 6.34 Å². The van der Waals surface area contributed by atoms with Crippen LogP contribution in [0.1, 0.15) is 0 Å². The highest BCUT2D eigenvalue weighted by Crippen LogP contribution is 1.92. The summed E-state index contributed by atoms with van der Waals surface area (Å²) in [5, 5.41) is 0. The smallest absolute Gasteiger partial charge is 0.0908 e. The standard InChI is InChI=1S/C6H9ClN2.ClH/c7-2-5-9-4-1-3-8-6-9;/h1,3,6H,2,4-5H2;1H. The second kappa shape index (κ2) is 5.57. The van der Waals surface area contributed by atoms with Crippen LogP contribution in [-0.4, -0.2) is 30.2 Å². The van der Waals surface area contributed by atoms with E-state index in [9.17, 15) is 0 Å². The zero-order chi connectivity index (χ0) is 6.53. The van der Waals surface area contributed by atoms with Crippen LogP contribution in [0.5, 0.6) is 0 Å². The quantitative estimate of drug-likeness (QED) is 0.589. The molecule has 1 rings (SSSR count). The summed E-state index contributed by atoms with van der Waals surface area (Å²) >= 11 is 5.51. The number of halogens is 2. The molecule has 0 unspecified atom stereocenters. The molecule has 0 saturated carbocycles. The molecule has 0 aromatic carbocycles. The van der Waals surface area contributed by atoms with Crippen LogP contribution in [0.2, 0.25) is 0 Å². The third kappa shape index (κ3) is 3.08. The van der Waals surface area contributed by atoms with Gasteiger partial charge in [-0.15, -0.1) is 24.0 Å². The van der Waals surface area contributed by atoms with Gasteiger partial charge in [0.25, 0.3) is 0 Å². The predicted octanol–water partition coefficient (Wildman–Crippen LogP) is 1.50. The molecule has 0 atom stereocenters. The molecule has 0 radical (unpaired) electrons. The lowest BCUT2D eigenvalue weighted by Gasteiger charge is -2.16. The first-order valence-corrected chi connectivity index (χ1v) is 3.45. The van der Waals surface area contributed by atoms with Crippen molar-refractivity contribution in [3.05, 3.63) is 12.3 Å². The van der Waals surface area contributed by atoms with E-state index in [1.165, 1.54) is 0 Å². The van der Waals surface area contributed by atoms with Crippen LogP contribution in [-0.2, 0) is 0 Å². The number of alkyl halides is 1. The van der Waals surface area contributed by atoms with E-state index in [2.05, 4.69) is 9.89 Å². The Morgan fingerprint density at radius 2 is 2.40 bits per heavy atom. The van der Waals surface area contributed by atoms with Crippen molar-refractivity contribution in [3.8, 4) is 0 Å². The fourth-order valence-electron chi connectivity index (χ4n) is 0.681. The summed E-state index contributed by atoms with van der Waals surface area (Å²) in [5.41, 5.74) is 0. The molecule has 10 heavy (non-hydrogen) atoms. The number of aliphatic imine (C=N–C) groups is 1. The van der Waals surface area contributed by atoms with Crippen LogP contribution in [0.4, 0.5) is 0 Å². The molecule has 0 amide bonds. The van der Waals surface area contributed by atoms with E-state index in [-0.39, 0.29) is 12.4 Å². The van der Waals surface area contributed by atoms with Gasteiger partial charge >= 0.3 is 0 Å². The van der Waals surface area contributed by atoms with Gasteiger partial charge in [0.15, 0.2) is 0 Å². The van der Waals surface area contributed by atoms with E-state index < -0.39 is 0 Å². The summed E-state index contributed by atoms with van der Waals surface area (Å²) in [4.78, 5) is 6.00. The first-order chi connectivity index (χ1) is 4.43. The minimum absolute atomic E-state index is 0. The molecular weight excluding hydrogens is 171 g/mol. The number of hydrogen-bond acceptors (Lipinski definition) is 2. The van der Waals surface area contributed by atoms with Gasteiger partial charge in [0.2, 0.25) is 0 Å². The van der Waals surface area contributed by atoms with Gasteiger partial charge in [-0.05, 0) is 6.08 Å². The minimum atomic E-state index is 0. The molecule has 1 aliphatic heterocycles. The van der Waals surface area contributed by atoms with Crippen LogP contribution >= 0.6 is 24.0 Å². The van der Waals surface area contributed by atoms with Crippen molar-refractivity contribution >= 4 is 30.3 Å². The van der Waals surface area contributed by atoms with E-state index in [0.29, 0.717) is 5.88 Å². The molecule has 0 aromatic heterocycles. The van der Waals surface area contributed by atoms with Crippen LogP contribution in [0.3, 0.4) is 0 Å². The molecular formula is C6H10Cl2N2. The van der Waals surface area contributed by atoms with Crippen molar-refractivity contribution in [2.24, 2.45) is 4.99 Å². The van der Waals surface area contributed by atoms with Crippen LogP contribution in [0, 0.1) is 0 Å². The van der Waals surface area contributed by atoms with Crippen molar-refractivity contribution in [3.63, 3.8) is 0 Å². The zero-order valence-electron chi connectivity index (χ0n) is 5.53. The molecule has 0 fully saturated rings. The van der Waals surface area contributed by atoms with E-state index in [1.807, 2.05) is 12.4 Å². The van der Waals surface area contributed by atoms with Gasteiger partial charge in [0, 0.05) is 25.2 Å². The second-order valence-corrected chi connectivity index (χ2v) is 2.21. The fraction of sp³-hybridized carbons (Fsp3) is 0.500. The first kappa shape index (κ1) is 9.79. The highest BCUT2D eigenvalue weighted by Gasteiger charge is 1.96. The van der Waals surface area contributed by atoms with Gasteiger partial charge in [-0.1, -0.05) is 0 Å².